The molecule has 0 unspecified atom stereocenters. The lowest BCUT2D eigenvalue weighted by Gasteiger charge is -2.30. The van der Waals surface area contributed by atoms with E-state index in [1.54, 1.807) is 7.11 Å². The molecule has 4 heterocycles. The summed E-state index contributed by atoms with van der Waals surface area (Å²) < 4.78 is 13.8. The van der Waals surface area contributed by atoms with Gasteiger partial charge in [-0.05, 0) is 83.5 Å². The number of rotatable bonds is 9. The van der Waals surface area contributed by atoms with Gasteiger partial charge >= 0.3 is 0 Å². The van der Waals surface area contributed by atoms with Gasteiger partial charge in [-0.2, -0.15) is 5.10 Å². The van der Waals surface area contributed by atoms with Crippen molar-refractivity contribution in [2.75, 3.05) is 58.8 Å². The van der Waals surface area contributed by atoms with E-state index >= 15 is 0 Å². The first kappa shape index (κ1) is 23.9. The number of hydrogen-bond acceptors (Lipinski definition) is 7. The molecule has 0 saturated carbocycles. The minimum absolute atomic E-state index is 0.431. The van der Waals surface area contributed by atoms with Crippen LogP contribution in [0.15, 0.2) is 30.5 Å². The smallest absolute Gasteiger partial charge is 0.163 e. The van der Waals surface area contributed by atoms with Crippen LogP contribution < -0.4 is 14.8 Å². The third-order valence-electron chi connectivity index (χ3n) is 7.22. The molecule has 8 heteroatoms. The Morgan fingerprint density at radius 2 is 1.80 bits per heavy atom. The van der Waals surface area contributed by atoms with Gasteiger partial charge < -0.3 is 24.6 Å². The van der Waals surface area contributed by atoms with Crippen molar-refractivity contribution in [2.24, 2.45) is 7.05 Å². The normalized spacial score (nSPS) is 17.8. The van der Waals surface area contributed by atoms with Crippen molar-refractivity contribution in [1.82, 2.24) is 24.6 Å². The van der Waals surface area contributed by atoms with Crippen LogP contribution in [0.1, 0.15) is 32.1 Å². The fourth-order valence-electron chi connectivity index (χ4n) is 5.16. The number of anilines is 1. The van der Waals surface area contributed by atoms with Crippen molar-refractivity contribution in [2.45, 2.75) is 38.1 Å². The van der Waals surface area contributed by atoms with Crippen LogP contribution in [0, 0.1) is 0 Å². The van der Waals surface area contributed by atoms with Gasteiger partial charge in [-0.3, -0.25) is 4.68 Å². The van der Waals surface area contributed by atoms with Crippen molar-refractivity contribution >= 4 is 16.6 Å². The Hall–Kier alpha value is -2.84. The van der Waals surface area contributed by atoms with Crippen LogP contribution in [0.5, 0.6) is 11.5 Å². The van der Waals surface area contributed by atoms with Crippen LogP contribution in [-0.4, -0.2) is 84.1 Å². The number of piperidine rings is 1. The second-order valence-corrected chi connectivity index (χ2v) is 9.92. The molecular weight excluding hydrogens is 440 g/mol. The highest BCUT2D eigenvalue weighted by Crippen LogP contribution is 2.37. The first-order valence-corrected chi connectivity index (χ1v) is 12.9. The summed E-state index contributed by atoms with van der Waals surface area (Å²) in [5.74, 6) is 1.50. The first-order valence-electron chi connectivity index (χ1n) is 12.9. The fraction of sp³-hybridized carbons (Fsp3) is 0.556. The van der Waals surface area contributed by atoms with E-state index in [9.17, 15) is 0 Å². The molecule has 3 aromatic rings. The second kappa shape index (κ2) is 10.8. The van der Waals surface area contributed by atoms with Gasteiger partial charge in [-0.15, -0.1) is 0 Å². The zero-order valence-electron chi connectivity index (χ0n) is 21.3. The minimum atomic E-state index is 0.431. The zero-order valence-corrected chi connectivity index (χ0v) is 21.3. The van der Waals surface area contributed by atoms with Crippen LogP contribution in [0.2, 0.25) is 0 Å². The molecule has 2 fully saturated rings. The summed E-state index contributed by atoms with van der Waals surface area (Å²) in [6, 6.07) is 8.65. The van der Waals surface area contributed by atoms with Crippen molar-refractivity contribution in [3.63, 3.8) is 0 Å². The topological polar surface area (TPSA) is 67.7 Å². The van der Waals surface area contributed by atoms with Crippen molar-refractivity contribution < 1.29 is 9.47 Å². The van der Waals surface area contributed by atoms with E-state index in [-0.39, 0.29) is 0 Å². The average molecular weight is 479 g/mol. The Balaban J connectivity index is 1.43. The number of nitrogens with zero attached hydrogens (tertiary/aromatic N) is 5. The van der Waals surface area contributed by atoms with Crippen molar-refractivity contribution in [3.05, 3.63) is 30.5 Å². The lowest BCUT2D eigenvalue weighted by molar-refractivity contribution is 0.254. The number of likely N-dealkylation sites (tertiary alicyclic amines) is 2. The van der Waals surface area contributed by atoms with E-state index in [2.05, 4.69) is 39.4 Å². The van der Waals surface area contributed by atoms with E-state index in [0.717, 1.165) is 78.4 Å². The predicted octanol–water partition coefficient (Wildman–Crippen LogP) is 4.01. The second-order valence-electron chi connectivity index (χ2n) is 9.92. The molecule has 35 heavy (non-hydrogen) atoms. The highest BCUT2D eigenvalue weighted by atomic mass is 16.5. The van der Waals surface area contributed by atoms with Gasteiger partial charge in [0.15, 0.2) is 11.5 Å². The lowest BCUT2D eigenvalue weighted by atomic mass is 10.0. The number of fused-ring (bicyclic) bond motifs is 1. The van der Waals surface area contributed by atoms with E-state index in [1.807, 2.05) is 30.1 Å². The summed E-state index contributed by atoms with van der Waals surface area (Å²) >= 11 is 0. The molecule has 188 valence electrons. The molecule has 0 bridgehead atoms. The van der Waals surface area contributed by atoms with E-state index in [4.69, 9.17) is 14.5 Å². The number of aryl methyl sites for hydroxylation is 1. The average Bonchev–Trinajstić information content (AvgIpc) is 3.54. The molecule has 2 aliphatic heterocycles. The number of benzene rings is 1. The Morgan fingerprint density at radius 3 is 2.51 bits per heavy atom. The van der Waals surface area contributed by atoms with Gasteiger partial charge in [0.1, 0.15) is 5.69 Å². The molecule has 2 saturated heterocycles. The van der Waals surface area contributed by atoms with E-state index in [1.165, 1.54) is 25.9 Å². The quantitative estimate of drug-likeness (QED) is 0.466. The first-order chi connectivity index (χ1) is 17.1. The molecule has 0 spiro atoms. The SMILES string of the molecule is COc1cc2c(NC3CCN(C)CC3)cc(-c3ccn(C)n3)nc2cc1OCCCN1CCCC1. The molecule has 2 aromatic heterocycles. The molecule has 0 aliphatic carbocycles. The van der Waals surface area contributed by atoms with Crippen LogP contribution in [0.4, 0.5) is 5.69 Å². The van der Waals surface area contributed by atoms with Crippen LogP contribution in [0.3, 0.4) is 0 Å². The van der Waals surface area contributed by atoms with Gasteiger partial charge in [-0.25, -0.2) is 4.98 Å². The molecule has 0 atom stereocenters. The third kappa shape index (κ3) is 5.70. The molecule has 5 rings (SSSR count). The molecule has 2 aliphatic rings. The molecular formula is C27H38N6O2. The summed E-state index contributed by atoms with van der Waals surface area (Å²) in [5.41, 5.74) is 3.69. The molecule has 1 N–H and O–H groups in total. The molecule has 1 aromatic carbocycles. The minimum Gasteiger partial charge on any atom is -0.493 e. The summed E-state index contributed by atoms with van der Waals surface area (Å²) in [5, 5.41) is 9.46. The summed E-state index contributed by atoms with van der Waals surface area (Å²) in [7, 11) is 5.83. The monoisotopic (exact) mass is 478 g/mol. The Morgan fingerprint density at radius 1 is 1.00 bits per heavy atom. The highest BCUT2D eigenvalue weighted by molar-refractivity contribution is 5.95. The molecule has 0 amide bonds. The number of ether oxygens (including phenoxy) is 2. The maximum Gasteiger partial charge on any atom is 0.163 e. The number of pyridine rings is 1. The zero-order chi connectivity index (χ0) is 24.2. The predicted molar refractivity (Wildman–Crippen MR) is 140 cm³/mol. The van der Waals surface area contributed by atoms with Gasteiger partial charge in [0.2, 0.25) is 0 Å². The van der Waals surface area contributed by atoms with Crippen molar-refractivity contribution in [3.8, 4) is 22.9 Å². The lowest BCUT2D eigenvalue weighted by Crippen LogP contribution is -2.36. The van der Waals surface area contributed by atoms with Crippen molar-refractivity contribution in [1.29, 1.82) is 0 Å². The van der Waals surface area contributed by atoms with Gasteiger partial charge in [0, 0.05) is 43.0 Å². The summed E-state index contributed by atoms with van der Waals surface area (Å²) in [6.07, 6.45) is 7.83. The molecule has 8 nitrogen and oxygen atoms in total. The van der Waals surface area contributed by atoms with Gasteiger partial charge in [-0.1, -0.05) is 0 Å². The number of hydrogen-bond donors (Lipinski definition) is 1. The number of aromatic nitrogens is 3. The maximum absolute atomic E-state index is 6.21. The highest BCUT2D eigenvalue weighted by Gasteiger charge is 2.20. The van der Waals surface area contributed by atoms with E-state index in [0.29, 0.717) is 12.6 Å². The van der Waals surface area contributed by atoms with Gasteiger partial charge in [0.25, 0.3) is 0 Å². The van der Waals surface area contributed by atoms with Crippen LogP contribution in [0.25, 0.3) is 22.3 Å². The Kier molecular flexibility index (Phi) is 7.39. The molecule has 0 radical (unpaired) electrons. The summed E-state index contributed by atoms with van der Waals surface area (Å²) in [6.45, 7) is 6.39. The standard InChI is InChI=1S/C27H38N6O2/c1-31-13-7-20(8-14-31)28-23-18-25(22-9-15-32(2)30-22)29-24-19-27(26(34-3)17-21(23)24)35-16-6-12-33-10-4-5-11-33/h9,15,17-20H,4-8,10-14,16H2,1-3H3,(H,28,29). The third-order valence-corrected chi connectivity index (χ3v) is 7.22. The van der Waals surface area contributed by atoms with Crippen LogP contribution >= 0.6 is 0 Å². The Labute approximate surface area is 208 Å². The Bertz CT molecular complexity index is 1130. The number of nitrogens with one attached hydrogen (secondary N) is 1. The number of methoxy groups -OCH3 is 1. The van der Waals surface area contributed by atoms with E-state index < -0.39 is 0 Å². The fourth-order valence-corrected chi connectivity index (χ4v) is 5.16. The van der Waals surface area contributed by atoms with Crippen LogP contribution in [-0.2, 0) is 7.05 Å². The largest absolute Gasteiger partial charge is 0.493 e. The van der Waals surface area contributed by atoms with Gasteiger partial charge in [0.05, 0.1) is 24.9 Å². The maximum atomic E-state index is 6.21. The summed E-state index contributed by atoms with van der Waals surface area (Å²) in [4.78, 5) is 9.89.